The Labute approximate surface area is 163 Å². The van der Waals surface area contributed by atoms with Crippen molar-refractivity contribution in [1.82, 2.24) is 4.98 Å². The Bertz CT molecular complexity index is 1010. The Balaban J connectivity index is 1.96. The van der Waals surface area contributed by atoms with Crippen LogP contribution in [0.15, 0.2) is 42.6 Å². The van der Waals surface area contributed by atoms with Crippen molar-refractivity contribution in [3.8, 4) is 16.9 Å². The van der Waals surface area contributed by atoms with Crippen LogP contribution in [-0.2, 0) is 0 Å². The van der Waals surface area contributed by atoms with E-state index in [1.54, 1.807) is 6.92 Å². The van der Waals surface area contributed by atoms with E-state index >= 15 is 0 Å². The van der Waals surface area contributed by atoms with Crippen LogP contribution in [0.5, 0.6) is 5.75 Å². The van der Waals surface area contributed by atoms with Gasteiger partial charge in [-0.05, 0) is 42.8 Å². The van der Waals surface area contributed by atoms with Gasteiger partial charge < -0.3 is 10.5 Å². The molecule has 2 N–H and O–H groups in total. The lowest BCUT2D eigenvalue weighted by molar-refractivity contribution is 0.227. The number of ether oxygens (including phenoxy) is 1. The van der Waals surface area contributed by atoms with Crippen molar-refractivity contribution < 1.29 is 17.9 Å². The van der Waals surface area contributed by atoms with Crippen LogP contribution in [-0.4, -0.2) is 4.98 Å². The molecule has 8 heteroatoms. The molecule has 3 rings (SSSR count). The third-order valence-corrected chi connectivity index (χ3v) is 4.64. The molecule has 0 amide bonds. The predicted octanol–water partition coefficient (Wildman–Crippen LogP) is 6.19. The minimum absolute atomic E-state index is 0.0665. The number of nitrogens with two attached hydrogens (primary N) is 1. The Kier molecular flexibility index (Phi) is 5.48. The highest BCUT2D eigenvalue weighted by Crippen LogP contribution is 2.37. The number of nitrogens with zero attached hydrogens (tertiary/aromatic N) is 1. The molecule has 0 bridgehead atoms. The van der Waals surface area contributed by atoms with Crippen LogP contribution in [0, 0.1) is 17.5 Å². The van der Waals surface area contributed by atoms with Crippen LogP contribution in [0.25, 0.3) is 11.1 Å². The zero-order valence-corrected chi connectivity index (χ0v) is 15.5. The molecule has 1 heterocycles. The molecule has 0 fully saturated rings. The first-order valence-electron chi connectivity index (χ1n) is 7.79. The number of pyridine rings is 1. The van der Waals surface area contributed by atoms with Crippen LogP contribution in [0.1, 0.15) is 18.6 Å². The van der Waals surface area contributed by atoms with Crippen LogP contribution in [0.2, 0.25) is 10.0 Å². The minimum Gasteiger partial charge on any atom is -0.482 e. The maximum atomic E-state index is 13.7. The molecule has 2 aromatic carbocycles. The monoisotopic (exact) mass is 412 g/mol. The van der Waals surface area contributed by atoms with E-state index < -0.39 is 23.6 Å². The SMILES string of the molecule is CC(Oc1cc(-c2ccc(F)c(F)c2)cnc1N)c1c(Cl)ccc(F)c1Cl. The van der Waals surface area contributed by atoms with Gasteiger partial charge in [0.05, 0.1) is 5.02 Å². The lowest BCUT2D eigenvalue weighted by atomic mass is 10.1. The first-order chi connectivity index (χ1) is 12.8. The summed E-state index contributed by atoms with van der Waals surface area (Å²) in [4.78, 5) is 4.01. The van der Waals surface area contributed by atoms with Crippen LogP contribution < -0.4 is 10.5 Å². The summed E-state index contributed by atoms with van der Waals surface area (Å²) >= 11 is 12.1. The number of halogens is 5. The molecule has 0 radical (unpaired) electrons. The Morgan fingerprint density at radius 3 is 2.37 bits per heavy atom. The fourth-order valence-corrected chi connectivity index (χ4v) is 3.23. The van der Waals surface area contributed by atoms with E-state index in [1.807, 2.05) is 0 Å². The lowest BCUT2D eigenvalue weighted by Crippen LogP contribution is -2.08. The molecule has 27 heavy (non-hydrogen) atoms. The highest BCUT2D eigenvalue weighted by molar-refractivity contribution is 6.36. The van der Waals surface area contributed by atoms with E-state index in [0.717, 1.165) is 18.2 Å². The average molecular weight is 413 g/mol. The van der Waals surface area contributed by atoms with E-state index in [9.17, 15) is 13.2 Å². The quantitative estimate of drug-likeness (QED) is 0.519. The summed E-state index contributed by atoms with van der Waals surface area (Å²) in [6, 6.07) is 7.50. The van der Waals surface area contributed by atoms with E-state index in [-0.39, 0.29) is 27.2 Å². The standard InChI is InChI=1S/C19H13Cl2F3N2O/c1-9(17-12(20)3-5-14(23)18(17)21)27-16-7-11(8-26-19(16)25)10-2-4-13(22)15(24)6-10/h2-9H,1H3,(H2,25,26). The van der Waals surface area contributed by atoms with E-state index in [2.05, 4.69) is 4.98 Å². The van der Waals surface area contributed by atoms with Gasteiger partial charge in [-0.25, -0.2) is 18.2 Å². The molecule has 1 unspecified atom stereocenters. The summed E-state index contributed by atoms with van der Waals surface area (Å²) in [5.41, 5.74) is 6.95. The molecule has 0 aliphatic rings. The van der Waals surface area contributed by atoms with Crippen molar-refractivity contribution in [1.29, 1.82) is 0 Å². The zero-order valence-electron chi connectivity index (χ0n) is 13.9. The second-order valence-electron chi connectivity index (χ2n) is 5.75. The van der Waals surface area contributed by atoms with Gasteiger partial charge in [-0.15, -0.1) is 0 Å². The number of anilines is 1. The number of aromatic nitrogens is 1. The molecule has 1 atom stereocenters. The molecule has 0 spiro atoms. The normalized spacial score (nSPS) is 12.1. The molecule has 140 valence electrons. The van der Waals surface area contributed by atoms with E-state index in [4.69, 9.17) is 33.7 Å². The number of hydrogen-bond donors (Lipinski definition) is 1. The Morgan fingerprint density at radius 1 is 0.963 bits per heavy atom. The van der Waals surface area contributed by atoms with Gasteiger partial charge in [0.1, 0.15) is 11.9 Å². The molecule has 3 aromatic rings. The number of benzene rings is 2. The Morgan fingerprint density at radius 2 is 1.67 bits per heavy atom. The largest absolute Gasteiger partial charge is 0.482 e. The van der Waals surface area contributed by atoms with E-state index in [0.29, 0.717) is 11.1 Å². The highest BCUT2D eigenvalue weighted by Gasteiger charge is 2.20. The molecule has 0 saturated heterocycles. The van der Waals surface area contributed by atoms with Crippen LogP contribution in [0.3, 0.4) is 0 Å². The molecule has 1 aromatic heterocycles. The van der Waals surface area contributed by atoms with Crippen molar-refractivity contribution in [2.75, 3.05) is 5.73 Å². The van der Waals surface area contributed by atoms with Gasteiger partial charge in [-0.3, -0.25) is 0 Å². The van der Waals surface area contributed by atoms with Crippen molar-refractivity contribution in [2.45, 2.75) is 13.0 Å². The third kappa shape index (κ3) is 3.96. The van der Waals surface area contributed by atoms with E-state index in [1.165, 1.54) is 24.4 Å². The first-order valence-corrected chi connectivity index (χ1v) is 8.54. The number of rotatable bonds is 4. The predicted molar refractivity (Wildman–Crippen MR) is 99.5 cm³/mol. The number of nitrogen functional groups attached to an aromatic ring is 1. The fraction of sp³-hybridized carbons (Fsp3) is 0.105. The topological polar surface area (TPSA) is 48.1 Å². The van der Waals surface area contributed by atoms with Crippen LogP contribution in [0.4, 0.5) is 19.0 Å². The first kappa shape index (κ1) is 19.3. The van der Waals surface area contributed by atoms with Crippen molar-refractivity contribution in [3.63, 3.8) is 0 Å². The molecular weight excluding hydrogens is 400 g/mol. The summed E-state index contributed by atoms with van der Waals surface area (Å²) < 4.78 is 46.1. The number of hydrogen-bond acceptors (Lipinski definition) is 3. The minimum atomic E-state index is -0.988. The fourth-order valence-electron chi connectivity index (χ4n) is 2.55. The maximum absolute atomic E-state index is 13.7. The molecule has 3 nitrogen and oxygen atoms in total. The third-order valence-electron chi connectivity index (χ3n) is 3.92. The average Bonchev–Trinajstić information content (AvgIpc) is 2.63. The molecular formula is C19H13Cl2F3N2O. The van der Waals surface area contributed by atoms with Gasteiger partial charge in [0.25, 0.3) is 0 Å². The maximum Gasteiger partial charge on any atom is 0.166 e. The van der Waals surface area contributed by atoms with Gasteiger partial charge in [-0.2, -0.15) is 0 Å². The lowest BCUT2D eigenvalue weighted by Gasteiger charge is -2.19. The molecule has 0 aliphatic heterocycles. The second kappa shape index (κ2) is 7.66. The van der Waals surface area contributed by atoms with Gasteiger partial charge in [0.15, 0.2) is 23.2 Å². The molecule has 0 aliphatic carbocycles. The summed E-state index contributed by atoms with van der Waals surface area (Å²) in [5, 5.41) is 0.0791. The van der Waals surface area contributed by atoms with Gasteiger partial charge in [-0.1, -0.05) is 29.3 Å². The summed E-state index contributed by atoms with van der Waals surface area (Å²) in [6.45, 7) is 1.62. The van der Waals surface area contributed by atoms with Crippen molar-refractivity contribution in [3.05, 3.63) is 75.7 Å². The Hall–Kier alpha value is -2.44. The summed E-state index contributed by atoms with van der Waals surface area (Å²) in [5.74, 6) is -2.34. The van der Waals surface area contributed by atoms with Gasteiger partial charge in [0, 0.05) is 22.3 Å². The van der Waals surface area contributed by atoms with Crippen LogP contribution >= 0.6 is 23.2 Å². The summed E-state index contributed by atoms with van der Waals surface area (Å²) in [6.07, 6.45) is 0.659. The highest BCUT2D eigenvalue weighted by atomic mass is 35.5. The smallest absolute Gasteiger partial charge is 0.166 e. The second-order valence-corrected chi connectivity index (χ2v) is 6.54. The van der Waals surface area contributed by atoms with Gasteiger partial charge in [0.2, 0.25) is 0 Å². The molecule has 0 saturated carbocycles. The van der Waals surface area contributed by atoms with Gasteiger partial charge >= 0.3 is 0 Å². The van der Waals surface area contributed by atoms with Crippen molar-refractivity contribution in [2.24, 2.45) is 0 Å². The summed E-state index contributed by atoms with van der Waals surface area (Å²) in [7, 11) is 0. The zero-order chi connectivity index (χ0) is 19.7. The van der Waals surface area contributed by atoms with Crippen molar-refractivity contribution >= 4 is 29.0 Å².